The number of aryl methyl sites for hydroxylation is 1. The zero-order chi connectivity index (χ0) is 30.2. The van der Waals surface area contributed by atoms with Crippen molar-refractivity contribution in [3.05, 3.63) is 70.8 Å². The number of hydrogen-bond donors (Lipinski definition) is 3. The van der Waals surface area contributed by atoms with Gasteiger partial charge in [0.15, 0.2) is 9.84 Å². The smallest absolute Gasteiger partial charge is 0.246 e. The molecule has 0 aromatic heterocycles. The maximum Gasteiger partial charge on any atom is 0.246 e. The lowest BCUT2D eigenvalue weighted by molar-refractivity contribution is -0.138. The van der Waals surface area contributed by atoms with Gasteiger partial charge >= 0.3 is 0 Å². The van der Waals surface area contributed by atoms with Crippen LogP contribution in [0.25, 0.3) is 0 Å². The van der Waals surface area contributed by atoms with Crippen LogP contribution in [0.3, 0.4) is 0 Å². The number of aliphatic hydroxyl groups is 1. The fourth-order valence-corrected chi connectivity index (χ4v) is 6.26. The van der Waals surface area contributed by atoms with Crippen LogP contribution in [0.2, 0.25) is 0 Å². The van der Waals surface area contributed by atoms with Crippen LogP contribution in [0.5, 0.6) is 0 Å². The molecule has 0 aliphatic heterocycles. The van der Waals surface area contributed by atoms with Gasteiger partial charge in [-0.2, -0.15) is 0 Å². The van der Waals surface area contributed by atoms with E-state index in [-0.39, 0.29) is 42.7 Å². The summed E-state index contributed by atoms with van der Waals surface area (Å²) in [7, 11) is -3.67. The summed E-state index contributed by atoms with van der Waals surface area (Å²) >= 11 is 0. The Kier molecular flexibility index (Phi) is 11.8. The second-order valence-electron chi connectivity index (χ2n) is 10.9. The molecule has 2 amide bonds. The lowest BCUT2D eigenvalue weighted by Crippen LogP contribution is -2.55. The number of halogens is 2. The minimum Gasteiger partial charge on any atom is -0.390 e. The first-order valence-corrected chi connectivity index (χ1v) is 16.0. The lowest BCUT2D eigenvalue weighted by atomic mass is 10.0. The summed E-state index contributed by atoms with van der Waals surface area (Å²) < 4.78 is 53.1. The van der Waals surface area contributed by atoms with E-state index in [1.54, 1.807) is 0 Å². The van der Waals surface area contributed by atoms with E-state index in [0.717, 1.165) is 35.7 Å². The SMILES string of the molecule is CCCCS(=O)(=O)C[C@@H](NC(=O)C1CC1)C(=O)N(Cc1cccc(CC)c1)C[C@@H](O)[C@@H](N)Cc1cc(F)cc(F)c1. The van der Waals surface area contributed by atoms with Crippen molar-refractivity contribution < 1.29 is 31.9 Å². The third-order valence-corrected chi connectivity index (χ3v) is 8.92. The molecule has 1 fully saturated rings. The van der Waals surface area contributed by atoms with Crippen LogP contribution in [0.4, 0.5) is 8.78 Å². The van der Waals surface area contributed by atoms with Crippen molar-refractivity contribution in [3.8, 4) is 0 Å². The zero-order valence-corrected chi connectivity index (χ0v) is 24.5. The van der Waals surface area contributed by atoms with Gasteiger partial charge in [-0.1, -0.05) is 44.5 Å². The van der Waals surface area contributed by atoms with Gasteiger partial charge < -0.3 is 21.1 Å². The van der Waals surface area contributed by atoms with Crippen LogP contribution in [-0.2, 0) is 38.8 Å². The van der Waals surface area contributed by atoms with Crippen molar-refractivity contribution in [3.63, 3.8) is 0 Å². The first-order valence-electron chi connectivity index (χ1n) is 14.2. The molecule has 0 heterocycles. The van der Waals surface area contributed by atoms with Gasteiger partial charge in [-0.05, 0) is 60.9 Å². The maximum absolute atomic E-state index is 13.9. The molecule has 2 aromatic carbocycles. The van der Waals surface area contributed by atoms with E-state index >= 15 is 0 Å². The molecule has 226 valence electrons. The van der Waals surface area contributed by atoms with E-state index in [4.69, 9.17) is 5.73 Å². The summed E-state index contributed by atoms with van der Waals surface area (Å²) in [5, 5.41) is 13.7. The number of rotatable bonds is 16. The van der Waals surface area contributed by atoms with Crippen molar-refractivity contribution in [1.29, 1.82) is 0 Å². The molecule has 41 heavy (non-hydrogen) atoms. The quantitative estimate of drug-likeness (QED) is 0.275. The van der Waals surface area contributed by atoms with Crippen molar-refractivity contribution >= 4 is 21.7 Å². The van der Waals surface area contributed by atoms with Gasteiger partial charge in [0.2, 0.25) is 11.8 Å². The zero-order valence-electron chi connectivity index (χ0n) is 23.7. The van der Waals surface area contributed by atoms with E-state index in [1.165, 1.54) is 4.90 Å². The second-order valence-corrected chi connectivity index (χ2v) is 13.1. The minimum atomic E-state index is -3.67. The lowest BCUT2D eigenvalue weighted by Gasteiger charge is -2.31. The first-order chi connectivity index (χ1) is 19.4. The van der Waals surface area contributed by atoms with Gasteiger partial charge in [0.1, 0.15) is 17.7 Å². The Labute approximate surface area is 241 Å². The van der Waals surface area contributed by atoms with Crippen molar-refractivity contribution in [2.24, 2.45) is 11.7 Å². The average molecular weight is 594 g/mol. The second kappa shape index (κ2) is 14.8. The van der Waals surface area contributed by atoms with Crippen LogP contribution in [0.1, 0.15) is 56.2 Å². The normalized spacial score (nSPS) is 15.7. The van der Waals surface area contributed by atoms with Gasteiger partial charge in [-0.25, -0.2) is 17.2 Å². The number of carbonyl (C=O) groups is 2. The number of nitrogens with one attached hydrogen (secondary N) is 1. The summed E-state index contributed by atoms with van der Waals surface area (Å²) in [5.41, 5.74) is 8.23. The first kappa shape index (κ1) is 32.6. The number of benzene rings is 2. The molecule has 2 aromatic rings. The monoisotopic (exact) mass is 593 g/mol. The number of sulfone groups is 1. The van der Waals surface area contributed by atoms with Gasteiger partial charge in [0, 0.05) is 31.1 Å². The van der Waals surface area contributed by atoms with E-state index in [9.17, 15) is 31.9 Å². The highest BCUT2D eigenvalue weighted by Gasteiger charge is 2.36. The molecule has 0 spiro atoms. The summed E-state index contributed by atoms with van der Waals surface area (Å²) in [6.07, 6.45) is 1.84. The standard InChI is InChI=1S/C30H41F2N3O5S/c1-3-5-11-41(39,40)19-27(34-29(37)23-9-10-23)30(38)35(17-21-8-6-7-20(4-2)12-21)18-28(36)26(33)15-22-13-24(31)16-25(32)14-22/h6-8,12-14,16,23,26-28,36H,3-5,9-11,15,17-19,33H2,1-2H3,(H,34,37)/t26-,27+,28+/m0/s1. The molecule has 8 nitrogen and oxygen atoms in total. The molecule has 3 atom stereocenters. The maximum atomic E-state index is 13.9. The molecular formula is C30H41F2N3O5S. The highest BCUT2D eigenvalue weighted by atomic mass is 32.2. The van der Waals surface area contributed by atoms with E-state index in [1.807, 2.05) is 38.1 Å². The summed E-state index contributed by atoms with van der Waals surface area (Å²) in [6, 6.07) is 8.19. The van der Waals surface area contributed by atoms with Crippen molar-refractivity contribution in [2.45, 2.75) is 77.1 Å². The highest BCUT2D eigenvalue weighted by molar-refractivity contribution is 7.91. The average Bonchev–Trinajstić information content (AvgIpc) is 3.76. The minimum absolute atomic E-state index is 0.0376. The summed E-state index contributed by atoms with van der Waals surface area (Å²) in [6.45, 7) is 3.61. The number of amides is 2. The Bertz CT molecular complexity index is 1280. The van der Waals surface area contributed by atoms with Crippen LogP contribution in [0.15, 0.2) is 42.5 Å². The van der Waals surface area contributed by atoms with Gasteiger partial charge in [0.25, 0.3) is 0 Å². The molecule has 4 N–H and O–H groups in total. The molecule has 0 unspecified atom stereocenters. The summed E-state index contributed by atoms with van der Waals surface area (Å²) in [4.78, 5) is 27.9. The van der Waals surface area contributed by atoms with Crippen molar-refractivity contribution in [1.82, 2.24) is 10.2 Å². The number of nitrogens with zero attached hydrogens (tertiary/aromatic N) is 1. The fourth-order valence-electron chi connectivity index (χ4n) is 4.63. The molecule has 11 heteroatoms. The van der Waals surface area contributed by atoms with Gasteiger partial charge in [0.05, 0.1) is 17.6 Å². The van der Waals surface area contributed by atoms with Crippen molar-refractivity contribution in [2.75, 3.05) is 18.1 Å². The van der Waals surface area contributed by atoms with Crippen LogP contribution in [-0.4, -0.2) is 66.5 Å². The van der Waals surface area contributed by atoms with Crippen LogP contribution in [0, 0.1) is 17.6 Å². The fraction of sp³-hybridized carbons (Fsp3) is 0.533. The largest absolute Gasteiger partial charge is 0.390 e. The highest BCUT2D eigenvalue weighted by Crippen LogP contribution is 2.29. The number of unbranched alkanes of at least 4 members (excludes halogenated alkanes) is 1. The summed E-state index contributed by atoms with van der Waals surface area (Å²) in [5.74, 6) is -3.47. The van der Waals surface area contributed by atoms with Gasteiger partial charge in [-0.3, -0.25) is 9.59 Å². The van der Waals surface area contributed by atoms with Crippen LogP contribution < -0.4 is 11.1 Å². The Hall–Kier alpha value is -2.89. The number of aliphatic hydroxyl groups excluding tert-OH is 1. The third kappa shape index (κ3) is 10.5. The third-order valence-electron chi connectivity index (χ3n) is 7.17. The van der Waals surface area contributed by atoms with Crippen LogP contribution >= 0.6 is 0 Å². The van der Waals surface area contributed by atoms with E-state index in [0.29, 0.717) is 25.7 Å². The van der Waals surface area contributed by atoms with E-state index < -0.39 is 51.3 Å². The molecule has 1 aliphatic rings. The Morgan fingerprint density at radius 3 is 2.34 bits per heavy atom. The molecule has 0 radical (unpaired) electrons. The molecule has 1 aliphatic carbocycles. The molecular weight excluding hydrogens is 552 g/mol. The topological polar surface area (TPSA) is 130 Å². The Balaban J connectivity index is 1.87. The molecule has 1 saturated carbocycles. The number of nitrogens with two attached hydrogens (primary N) is 1. The predicted molar refractivity (Wildman–Crippen MR) is 153 cm³/mol. The molecule has 0 saturated heterocycles. The Morgan fingerprint density at radius 1 is 1.07 bits per heavy atom. The molecule has 3 rings (SSSR count). The van der Waals surface area contributed by atoms with E-state index in [2.05, 4.69) is 5.32 Å². The number of carbonyl (C=O) groups excluding carboxylic acids is 2. The number of hydrogen-bond acceptors (Lipinski definition) is 6. The van der Waals surface area contributed by atoms with Gasteiger partial charge in [-0.15, -0.1) is 0 Å². The predicted octanol–water partition coefficient (Wildman–Crippen LogP) is 2.90. The Morgan fingerprint density at radius 2 is 1.73 bits per heavy atom. The molecule has 0 bridgehead atoms.